The van der Waals surface area contributed by atoms with Crippen LogP contribution in [0, 0.1) is 11.3 Å². The summed E-state index contributed by atoms with van der Waals surface area (Å²) in [7, 11) is 1.78. The number of anilines is 1. The van der Waals surface area contributed by atoms with E-state index in [-0.39, 0.29) is 12.3 Å². The Morgan fingerprint density at radius 3 is 2.88 bits per heavy atom. The average Bonchev–Trinajstić information content (AvgIpc) is 2.93. The Balaban J connectivity index is 1.99. The Labute approximate surface area is 149 Å². The molecule has 0 saturated carbocycles. The topological polar surface area (TPSA) is 127 Å². The summed E-state index contributed by atoms with van der Waals surface area (Å²) >= 11 is 1.26. The zero-order chi connectivity index (χ0) is 18.4. The van der Waals surface area contributed by atoms with Gasteiger partial charge in [0.25, 0.3) is 0 Å². The Bertz CT molecular complexity index is 826. The van der Waals surface area contributed by atoms with Crippen molar-refractivity contribution in [3.8, 4) is 6.07 Å². The average molecular weight is 358 g/mol. The lowest BCUT2D eigenvalue weighted by Crippen LogP contribution is -2.23. The van der Waals surface area contributed by atoms with Gasteiger partial charge in [-0.1, -0.05) is 17.8 Å². The SMILES string of the molecule is C[C@@H](Sc1nnc(CCC(N)=O)n1C)C(=O)Nc1cccc(C#N)c1. The summed E-state index contributed by atoms with van der Waals surface area (Å²) in [5, 5.41) is 19.9. The summed E-state index contributed by atoms with van der Waals surface area (Å²) in [5.74, 6) is 0.0296. The van der Waals surface area contributed by atoms with Crippen molar-refractivity contribution >= 4 is 29.3 Å². The second-order valence-corrected chi connectivity index (χ2v) is 6.67. The second-order valence-electron chi connectivity index (χ2n) is 5.37. The summed E-state index contributed by atoms with van der Waals surface area (Å²) in [6.07, 6.45) is 0.600. The maximum absolute atomic E-state index is 12.3. The van der Waals surface area contributed by atoms with Gasteiger partial charge in [0.1, 0.15) is 5.82 Å². The first-order valence-electron chi connectivity index (χ1n) is 7.55. The van der Waals surface area contributed by atoms with Gasteiger partial charge in [0.05, 0.1) is 16.9 Å². The van der Waals surface area contributed by atoms with Gasteiger partial charge in [-0.05, 0) is 25.1 Å². The maximum atomic E-state index is 12.3. The fourth-order valence-electron chi connectivity index (χ4n) is 2.02. The van der Waals surface area contributed by atoms with Gasteiger partial charge in [-0.15, -0.1) is 10.2 Å². The van der Waals surface area contributed by atoms with E-state index < -0.39 is 11.2 Å². The van der Waals surface area contributed by atoms with E-state index in [1.165, 1.54) is 11.8 Å². The fraction of sp³-hybridized carbons (Fsp3) is 0.312. The van der Waals surface area contributed by atoms with Crippen LogP contribution in [0.25, 0.3) is 0 Å². The van der Waals surface area contributed by atoms with E-state index in [2.05, 4.69) is 15.5 Å². The van der Waals surface area contributed by atoms with E-state index in [9.17, 15) is 9.59 Å². The predicted octanol–water partition coefficient (Wildman–Crippen LogP) is 1.22. The number of nitriles is 1. The van der Waals surface area contributed by atoms with Crippen LogP contribution in [0.4, 0.5) is 5.69 Å². The molecule has 0 radical (unpaired) electrons. The number of primary amides is 1. The lowest BCUT2D eigenvalue weighted by Gasteiger charge is -2.11. The van der Waals surface area contributed by atoms with Crippen molar-refractivity contribution in [1.82, 2.24) is 14.8 Å². The van der Waals surface area contributed by atoms with E-state index >= 15 is 0 Å². The highest BCUT2D eigenvalue weighted by atomic mass is 32.2. The highest BCUT2D eigenvalue weighted by Crippen LogP contribution is 2.23. The molecule has 2 aromatic rings. The number of hydrogen-bond donors (Lipinski definition) is 2. The number of nitrogens with two attached hydrogens (primary N) is 1. The first kappa shape index (κ1) is 18.5. The number of nitrogens with one attached hydrogen (secondary N) is 1. The molecule has 0 saturated heterocycles. The van der Waals surface area contributed by atoms with Gasteiger partial charge < -0.3 is 15.6 Å². The standard InChI is InChI=1S/C16H18N6O2S/c1-10(15(24)19-12-5-3-4-11(8-12)9-17)25-16-21-20-14(22(16)2)7-6-13(18)23/h3-5,8,10H,6-7H2,1-2H3,(H2,18,23)(H,19,24)/t10-/m1/s1. The predicted molar refractivity (Wildman–Crippen MR) is 93.6 cm³/mol. The Morgan fingerprint density at radius 1 is 1.44 bits per heavy atom. The summed E-state index contributed by atoms with van der Waals surface area (Å²) in [6, 6.07) is 8.74. The number of rotatable bonds is 7. The van der Waals surface area contributed by atoms with Gasteiger partial charge in [0.2, 0.25) is 11.8 Å². The number of benzene rings is 1. The molecule has 1 aromatic heterocycles. The number of thioether (sulfide) groups is 1. The number of amides is 2. The normalized spacial score (nSPS) is 11.6. The minimum Gasteiger partial charge on any atom is -0.370 e. The van der Waals surface area contributed by atoms with Crippen LogP contribution >= 0.6 is 11.8 Å². The maximum Gasteiger partial charge on any atom is 0.237 e. The number of nitrogens with zero attached hydrogens (tertiary/aromatic N) is 4. The minimum absolute atomic E-state index is 0.196. The van der Waals surface area contributed by atoms with E-state index in [0.717, 1.165) is 0 Å². The summed E-state index contributed by atoms with van der Waals surface area (Å²) in [6.45, 7) is 1.76. The third-order valence-electron chi connectivity index (χ3n) is 3.43. The van der Waals surface area contributed by atoms with Crippen LogP contribution in [0.5, 0.6) is 0 Å². The molecule has 0 aliphatic rings. The number of carbonyl (C=O) groups excluding carboxylic acids is 2. The van der Waals surface area contributed by atoms with E-state index in [1.54, 1.807) is 42.8 Å². The van der Waals surface area contributed by atoms with Crippen LogP contribution in [-0.2, 0) is 23.1 Å². The first-order chi connectivity index (χ1) is 11.9. The number of aryl methyl sites for hydroxylation is 1. The summed E-state index contributed by atoms with van der Waals surface area (Å²) in [5.41, 5.74) is 6.18. The molecular formula is C16H18N6O2S. The van der Waals surface area contributed by atoms with Crippen LogP contribution in [0.3, 0.4) is 0 Å². The first-order valence-corrected chi connectivity index (χ1v) is 8.43. The molecule has 1 atom stereocenters. The van der Waals surface area contributed by atoms with Crippen molar-refractivity contribution in [2.24, 2.45) is 12.8 Å². The molecule has 1 aromatic carbocycles. The highest BCUT2D eigenvalue weighted by Gasteiger charge is 2.19. The number of aromatic nitrogens is 3. The highest BCUT2D eigenvalue weighted by molar-refractivity contribution is 8.00. The molecule has 8 nitrogen and oxygen atoms in total. The molecule has 9 heteroatoms. The quantitative estimate of drug-likeness (QED) is 0.717. The molecule has 0 spiro atoms. The van der Waals surface area contributed by atoms with Gasteiger partial charge >= 0.3 is 0 Å². The largest absolute Gasteiger partial charge is 0.370 e. The van der Waals surface area contributed by atoms with Crippen LogP contribution < -0.4 is 11.1 Å². The second kappa shape index (κ2) is 8.30. The third-order valence-corrected chi connectivity index (χ3v) is 4.56. The molecular weight excluding hydrogens is 340 g/mol. The molecule has 0 bridgehead atoms. The van der Waals surface area contributed by atoms with E-state index in [1.807, 2.05) is 6.07 Å². The number of carbonyl (C=O) groups is 2. The lowest BCUT2D eigenvalue weighted by molar-refractivity contribution is -0.118. The smallest absolute Gasteiger partial charge is 0.237 e. The Morgan fingerprint density at radius 2 is 2.20 bits per heavy atom. The van der Waals surface area contributed by atoms with E-state index in [0.29, 0.717) is 28.7 Å². The van der Waals surface area contributed by atoms with Crippen molar-refractivity contribution in [1.29, 1.82) is 5.26 Å². The molecule has 0 unspecified atom stereocenters. The van der Waals surface area contributed by atoms with Gasteiger partial charge in [-0.25, -0.2) is 0 Å². The van der Waals surface area contributed by atoms with Crippen molar-refractivity contribution in [3.05, 3.63) is 35.7 Å². The molecule has 130 valence electrons. The fourth-order valence-corrected chi connectivity index (χ4v) is 2.86. The molecule has 2 amide bonds. The zero-order valence-electron chi connectivity index (χ0n) is 13.9. The minimum atomic E-state index is -0.419. The van der Waals surface area contributed by atoms with Crippen LogP contribution in [-0.4, -0.2) is 31.8 Å². The Hall–Kier alpha value is -2.86. The van der Waals surface area contributed by atoms with Crippen molar-refractivity contribution in [2.45, 2.75) is 30.2 Å². The zero-order valence-corrected chi connectivity index (χ0v) is 14.7. The van der Waals surface area contributed by atoms with Gasteiger partial charge in [-0.3, -0.25) is 9.59 Å². The Kier molecular flexibility index (Phi) is 6.14. The van der Waals surface area contributed by atoms with Gasteiger partial charge in [0, 0.05) is 25.6 Å². The third kappa shape index (κ3) is 5.06. The van der Waals surface area contributed by atoms with E-state index in [4.69, 9.17) is 11.0 Å². The summed E-state index contributed by atoms with van der Waals surface area (Å²) in [4.78, 5) is 23.2. The van der Waals surface area contributed by atoms with Crippen molar-refractivity contribution < 1.29 is 9.59 Å². The van der Waals surface area contributed by atoms with Gasteiger partial charge in [-0.2, -0.15) is 5.26 Å². The van der Waals surface area contributed by atoms with Crippen molar-refractivity contribution in [2.75, 3.05) is 5.32 Å². The molecule has 1 heterocycles. The van der Waals surface area contributed by atoms with Gasteiger partial charge in [0.15, 0.2) is 5.16 Å². The molecule has 25 heavy (non-hydrogen) atoms. The molecule has 0 fully saturated rings. The monoisotopic (exact) mass is 358 g/mol. The molecule has 3 N–H and O–H groups in total. The molecule has 0 aliphatic heterocycles. The van der Waals surface area contributed by atoms with Crippen LogP contribution in [0.1, 0.15) is 24.7 Å². The van der Waals surface area contributed by atoms with Crippen LogP contribution in [0.15, 0.2) is 29.4 Å². The number of hydrogen-bond acceptors (Lipinski definition) is 6. The van der Waals surface area contributed by atoms with Crippen molar-refractivity contribution in [3.63, 3.8) is 0 Å². The summed E-state index contributed by atoms with van der Waals surface area (Å²) < 4.78 is 1.74. The lowest BCUT2D eigenvalue weighted by atomic mass is 10.2. The molecule has 0 aliphatic carbocycles. The van der Waals surface area contributed by atoms with Crippen LogP contribution in [0.2, 0.25) is 0 Å². The molecule has 2 rings (SSSR count).